The molecule has 2 aromatic carbocycles. The number of anilines is 2. The molecular weight excluding hydrogens is 393 g/mol. The van der Waals surface area contributed by atoms with Crippen LogP contribution in [0.3, 0.4) is 0 Å². The molecule has 4 N–H and O–H groups in total. The molecule has 0 fully saturated rings. The summed E-state index contributed by atoms with van der Waals surface area (Å²) in [5, 5.41) is 20.6. The van der Waals surface area contributed by atoms with E-state index in [0.29, 0.717) is 24.2 Å². The van der Waals surface area contributed by atoms with Crippen molar-refractivity contribution in [2.24, 2.45) is 5.73 Å². The molecule has 0 aliphatic carbocycles. The van der Waals surface area contributed by atoms with Gasteiger partial charge < -0.3 is 21.0 Å². The second-order valence-corrected chi connectivity index (χ2v) is 6.06. The SMILES string of the molecule is Cc1ccc(Nc2c(F)cccc2Cl)c(CC(=O)O)c1.NCCCO[N+](=O)[O-]. The first kappa shape index (κ1) is 23.1. The Morgan fingerprint density at radius 2 is 2.11 bits per heavy atom. The molecule has 0 atom stereocenters. The Labute approximate surface area is 166 Å². The fraction of sp³-hybridized carbons (Fsp3) is 0.278. The average molecular weight is 414 g/mol. The first-order valence-electron chi connectivity index (χ1n) is 8.24. The first-order chi connectivity index (χ1) is 13.2. The van der Waals surface area contributed by atoms with Gasteiger partial charge in [0.05, 0.1) is 23.7 Å². The van der Waals surface area contributed by atoms with Gasteiger partial charge in [0.2, 0.25) is 0 Å². The molecule has 28 heavy (non-hydrogen) atoms. The predicted octanol–water partition coefficient (Wildman–Crippen LogP) is 3.70. The van der Waals surface area contributed by atoms with Gasteiger partial charge in [0.1, 0.15) is 5.82 Å². The minimum absolute atomic E-state index is 0.101. The molecule has 0 aliphatic rings. The number of hydrogen-bond donors (Lipinski definition) is 3. The van der Waals surface area contributed by atoms with Gasteiger partial charge in [0, 0.05) is 5.69 Å². The Bertz CT molecular complexity index is 800. The largest absolute Gasteiger partial charge is 0.481 e. The van der Waals surface area contributed by atoms with E-state index in [1.807, 2.05) is 13.0 Å². The van der Waals surface area contributed by atoms with E-state index in [-0.39, 0.29) is 23.7 Å². The number of carbonyl (C=O) groups is 1. The molecule has 0 radical (unpaired) electrons. The van der Waals surface area contributed by atoms with Gasteiger partial charge in [-0.05, 0) is 43.7 Å². The van der Waals surface area contributed by atoms with Crippen LogP contribution in [0.25, 0.3) is 0 Å². The van der Waals surface area contributed by atoms with E-state index < -0.39 is 16.9 Å². The van der Waals surface area contributed by atoms with Crippen LogP contribution in [0.5, 0.6) is 0 Å². The summed E-state index contributed by atoms with van der Waals surface area (Å²) >= 11 is 5.95. The second-order valence-electron chi connectivity index (χ2n) is 5.65. The molecule has 0 unspecified atom stereocenters. The smallest absolute Gasteiger partial charge is 0.307 e. The number of hydrogen-bond acceptors (Lipinski definition) is 6. The van der Waals surface area contributed by atoms with Crippen molar-refractivity contribution in [2.75, 3.05) is 18.5 Å². The standard InChI is InChI=1S/C15H13ClFNO2.C3H8N2O3/c1-9-5-6-13(10(7-9)8-14(19)20)18-15-11(16)3-2-4-12(15)17;4-2-1-3-8-5(6)7/h2-7,18H,8H2,1H3,(H,19,20);1-4H2. The van der Waals surface area contributed by atoms with Crippen molar-refractivity contribution in [3.63, 3.8) is 0 Å². The maximum Gasteiger partial charge on any atom is 0.307 e. The van der Waals surface area contributed by atoms with E-state index in [1.165, 1.54) is 12.1 Å². The number of carboxylic acid groups (broad SMARTS) is 1. The summed E-state index contributed by atoms with van der Waals surface area (Å²) < 4.78 is 13.7. The van der Waals surface area contributed by atoms with Gasteiger partial charge in [-0.25, -0.2) is 4.39 Å². The van der Waals surface area contributed by atoms with Crippen molar-refractivity contribution in [1.82, 2.24) is 0 Å². The monoisotopic (exact) mass is 413 g/mol. The topological polar surface area (TPSA) is 128 Å². The van der Waals surface area contributed by atoms with Gasteiger partial charge in [-0.1, -0.05) is 35.4 Å². The molecule has 2 rings (SSSR count). The van der Waals surface area contributed by atoms with E-state index in [2.05, 4.69) is 10.2 Å². The molecule has 2 aromatic rings. The number of aryl methyl sites for hydroxylation is 1. The van der Waals surface area contributed by atoms with Gasteiger partial charge >= 0.3 is 5.97 Å². The third kappa shape index (κ3) is 8.19. The van der Waals surface area contributed by atoms with Crippen LogP contribution in [0.1, 0.15) is 17.5 Å². The van der Waals surface area contributed by atoms with Crippen LogP contribution < -0.4 is 11.1 Å². The van der Waals surface area contributed by atoms with Crippen LogP contribution in [-0.2, 0) is 16.1 Å². The molecule has 0 heterocycles. The van der Waals surface area contributed by atoms with Crippen LogP contribution in [0.4, 0.5) is 15.8 Å². The Morgan fingerprint density at radius 1 is 1.39 bits per heavy atom. The van der Waals surface area contributed by atoms with Crippen LogP contribution >= 0.6 is 11.6 Å². The summed E-state index contributed by atoms with van der Waals surface area (Å²) in [6.45, 7) is 2.39. The Balaban J connectivity index is 0.000000416. The fourth-order valence-electron chi connectivity index (χ4n) is 2.13. The van der Waals surface area contributed by atoms with Gasteiger partial charge in [-0.3, -0.25) is 4.79 Å². The zero-order valence-electron chi connectivity index (χ0n) is 15.2. The first-order valence-corrected chi connectivity index (χ1v) is 8.62. The van der Waals surface area contributed by atoms with Crippen molar-refractivity contribution >= 4 is 28.9 Å². The molecule has 0 saturated carbocycles. The Kier molecular flexibility index (Phi) is 9.69. The van der Waals surface area contributed by atoms with Gasteiger partial charge in [-0.2, -0.15) is 0 Å². The molecule has 152 valence electrons. The lowest BCUT2D eigenvalue weighted by atomic mass is 10.1. The van der Waals surface area contributed by atoms with Crippen molar-refractivity contribution in [3.8, 4) is 0 Å². The van der Waals surface area contributed by atoms with Crippen molar-refractivity contribution in [2.45, 2.75) is 19.8 Å². The summed E-state index contributed by atoms with van der Waals surface area (Å²) in [6.07, 6.45) is 0.386. The number of rotatable bonds is 8. The van der Waals surface area contributed by atoms with E-state index in [4.69, 9.17) is 22.4 Å². The van der Waals surface area contributed by atoms with Gasteiger partial charge in [0.25, 0.3) is 5.09 Å². The number of nitrogens with two attached hydrogens (primary N) is 1. The van der Waals surface area contributed by atoms with Gasteiger partial charge in [-0.15, -0.1) is 10.1 Å². The van der Waals surface area contributed by atoms with Crippen LogP contribution in [0.2, 0.25) is 5.02 Å². The lowest BCUT2D eigenvalue weighted by Gasteiger charge is -2.13. The third-order valence-electron chi connectivity index (χ3n) is 3.37. The van der Waals surface area contributed by atoms with Crippen molar-refractivity contribution < 1.29 is 24.2 Å². The fourth-order valence-corrected chi connectivity index (χ4v) is 2.34. The molecule has 10 heteroatoms. The highest BCUT2D eigenvalue weighted by Gasteiger charge is 2.11. The number of benzene rings is 2. The maximum absolute atomic E-state index is 13.7. The summed E-state index contributed by atoms with van der Waals surface area (Å²) in [4.78, 5) is 24.2. The Hall–Kier alpha value is -2.91. The normalized spacial score (nSPS) is 9.86. The van der Waals surface area contributed by atoms with Crippen LogP contribution in [0, 0.1) is 22.9 Å². The molecule has 0 bridgehead atoms. The number of halogens is 2. The number of para-hydroxylation sites is 1. The van der Waals surface area contributed by atoms with Crippen LogP contribution in [-0.4, -0.2) is 29.3 Å². The highest BCUT2D eigenvalue weighted by molar-refractivity contribution is 6.33. The molecular formula is C18H21ClFN3O5. The highest BCUT2D eigenvalue weighted by Crippen LogP contribution is 2.30. The molecule has 0 amide bonds. The summed E-state index contributed by atoms with van der Waals surface area (Å²) in [5.74, 6) is -1.43. The number of carboxylic acids is 1. The summed E-state index contributed by atoms with van der Waals surface area (Å²) in [7, 11) is 0. The number of nitrogens with zero attached hydrogens (tertiary/aromatic N) is 1. The molecule has 0 aromatic heterocycles. The number of aliphatic carboxylic acids is 1. The van der Waals surface area contributed by atoms with E-state index >= 15 is 0 Å². The zero-order valence-corrected chi connectivity index (χ0v) is 15.9. The minimum Gasteiger partial charge on any atom is -0.481 e. The molecule has 8 nitrogen and oxygen atoms in total. The van der Waals surface area contributed by atoms with E-state index in [9.17, 15) is 19.3 Å². The maximum atomic E-state index is 13.7. The lowest BCUT2D eigenvalue weighted by Crippen LogP contribution is -2.07. The second kappa shape index (κ2) is 11.7. The number of nitrogens with one attached hydrogen (secondary N) is 1. The summed E-state index contributed by atoms with van der Waals surface area (Å²) in [5.41, 5.74) is 7.20. The average Bonchev–Trinajstić information content (AvgIpc) is 2.60. The van der Waals surface area contributed by atoms with Crippen molar-refractivity contribution in [1.29, 1.82) is 0 Å². The lowest BCUT2D eigenvalue weighted by molar-refractivity contribution is -0.757. The van der Waals surface area contributed by atoms with Crippen LogP contribution in [0.15, 0.2) is 36.4 Å². The third-order valence-corrected chi connectivity index (χ3v) is 3.68. The molecule has 0 saturated heterocycles. The highest BCUT2D eigenvalue weighted by atomic mass is 35.5. The molecule has 0 spiro atoms. The minimum atomic E-state index is -0.946. The quantitative estimate of drug-likeness (QED) is 0.342. The summed E-state index contributed by atoms with van der Waals surface area (Å²) in [6, 6.07) is 9.66. The predicted molar refractivity (Wildman–Crippen MR) is 104 cm³/mol. The van der Waals surface area contributed by atoms with Gasteiger partial charge in [0.15, 0.2) is 0 Å². The molecule has 0 aliphatic heterocycles. The zero-order chi connectivity index (χ0) is 21.1. The van der Waals surface area contributed by atoms with E-state index in [0.717, 1.165) is 5.56 Å². The van der Waals surface area contributed by atoms with E-state index in [1.54, 1.807) is 18.2 Å². The Morgan fingerprint density at radius 3 is 2.68 bits per heavy atom. The van der Waals surface area contributed by atoms with Crippen molar-refractivity contribution in [3.05, 3.63) is 68.5 Å².